The minimum absolute atomic E-state index is 0.135. The smallest absolute Gasteiger partial charge is 0.238 e. The quantitative estimate of drug-likeness (QED) is 0.703. The van der Waals surface area contributed by atoms with Crippen LogP contribution in [0.15, 0.2) is 30.3 Å². The minimum atomic E-state index is -0.580. The molecule has 0 aliphatic carbocycles. The molecule has 0 spiro atoms. The van der Waals surface area contributed by atoms with Gasteiger partial charge in [-0.3, -0.25) is 9.69 Å². The number of benzene rings is 1. The van der Waals surface area contributed by atoms with Gasteiger partial charge in [-0.25, -0.2) is 0 Å². The van der Waals surface area contributed by atoms with E-state index in [1.54, 1.807) is 0 Å². The number of nitrogens with one attached hydrogen (secondary N) is 1. The molecule has 1 aliphatic rings. The number of amides is 1. The van der Waals surface area contributed by atoms with Crippen molar-refractivity contribution in [2.24, 2.45) is 17.4 Å². The molecule has 2 rings (SSSR count). The van der Waals surface area contributed by atoms with Crippen LogP contribution < -0.4 is 16.8 Å². The Labute approximate surface area is 126 Å². The van der Waals surface area contributed by atoms with E-state index in [4.69, 9.17) is 11.5 Å². The molecule has 1 atom stereocenters. The fourth-order valence-corrected chi connectivity index (χ4v) is 2.67. The van der Waals surface area contributed by atoms with E-state index in [2.05, 4.69) is 34.5 Å². The highest BCUT2D eigenvalue weighted by atomic mass is 16.2. The van der Waals surface area contributed by atoms with Crippen molar-refractivity contribution in [3.63, 3.8) is 0 Å². The van der Waals surface area contributed by atoms with Crippen molar-refractivity contribution in [3.8, 4) is 0 Å². The second-order valence-electron chi connectivity index (χ2n) is 5.79. The molecule has 1 fully saturated rings. The van der Waals surface area contributed by atoms with Crippen molar-refractivity contribution >= 4 is 5.91 Å². The first-order chi connectivity index (χ1) is 10.2. The molecule has 116 valence electrons. The zero-order valence-electron chi connectivity index (χ0n) is 12.5. The summed E-state index contributed by atoms with van der Waals surface area (Å²) in [6.07, 6.45) is 2.23. The number of rotatable bonds is 6. The van der Waals surface area contributed by atoms with Crippen LogP contribution in [0.5, 0.6) is 0 Å². The van der Waals surface area contributed by atoms with Crippen molar-refractivity contribution in [1.82, 2.24) is 10.2 Å². The Morgan fingerprint density at radius 2 is 1.95 bits per heavy atom. The largest absolute Gasteiger partial charge is 0.354 e. The van der Waals surface area contributed by atoms with E-state index in [1.807, 2.05) is 6.07 Å². The summed E-state index contributed by atoms with van der Waals surface area (Å²) in [7, 11) is 0. The number of carbonyl (C=O) groups excluding carboxylic acids is 1. The molecular weight excluding hydrogens is 264 g/mol. The number of likely N-dealkylation sites (tertiary alicyclic amines) is 1. The van der Waals surface area contributed by atoms with Crippen LogP contribution in [0, 0.1) is 5.92 Å². The summed E-state index contributed by atoms with van der Waals surface area (Å²) in [5.41, 5.74) is 12.3. The van der Waals surface area contributed by atoms with Crippen LogP contribution in [-0.4, -0.2) is 43.0 Å². The van der Waals surface area contributed by atoms with E-state index in [0.29, 0.717) is 12.5 Å². The second-order valence-corrected chi connectivity index (χ2v) is 5.79. The fraction of sp³-hybridized carbons (Fsp3) is 0.562. The molecule has 1 saturated heterocycles. The van der Waals surface area contributed by atoms with Gasteiger partial charge in [-0.05, 0) is 37.4 Å². The molecule has 5 N–H and O–H groups in total. The molecular formula is C16H26N4O. The molecule has 1 heterocycles. The number of nitrogens with two attached hydrogens (primary N) is 2. The van der Waals surface area contributed by atoms with Crippen LogP contribution in [0.25, 0.3) is 0 Å². The van der Waals surface area contributed by atoms with Gasteiger partial charge in [0.1, 0.15) is 0 Å². The predicted molar refractivity (Wildman–Crippen MR) is 84.5 cm³/mol. The van der Waals surface area contributed by atoms with Gasteiger partial charge in [0.05, 0.1) is 6.04 Å². The van der Waals surface area contributed by atoms with E-state index < -0.39 is 6.04 Å². The van der Waals surface area contributed by atoms with Gasteiger partial charge in [0.15, 0.2) is 0 Å². The second kappa shape index (κ2) is 8.12. The highest BCUT2D eigenvalue weighted by molar-refractivity contribution is 5.81. The van der Waals surface area contributed by atoms with E-state index in [9.17, 15) is 4.79 Å². The van der Waals surface area contributed by atoms with Gasteiger partial charge in [0.2, 0.25) is 5.91 Å². The summed E-state index contributed by atoms with van der Waals surface area (Å²) < 4.78 is 0. The SMILES string of the molecule is NCC(N)C(=O)NCC1CCN(Cc2ccccc2)CC1. The first kappa shape index (κ1) is 15.9. The lowest BCUT2D eigenvalue weighted by molar-refractivity contribution is -0.122. The normalized spacial score (nSPS) is 18.4. The first-order valence-corrected chi connectivity index (χ1v) is 7.68. The van der Waals surface area contributed by atoms with Crippen molar-refractivity contribution < 1.29 is 4.79 Å². The van der Waals surface area contributed by atoms with E-state index in [0.717, 1.165) is 32.5 Å². The summed E-state index contributed by atoms with van der Waals surface area (Å²) in [4.78, 5) is 14.1. The van der Waals surface area contributed by atoms with Crippen molar-refractivity contribution in [2.45, 2.75) is 25.4 Å². The standard InChI is InChI=1S/C16H26N4O/c17-10-15(18)16(21)19-11-13-6-8-20(9-7-13)12-14-4-2-1-3-5-14/h1-5,13,15H,6-12,17-18H2,(H,19,21). The third-order valence-electron chi connectivity index (χ3n) is 4.11. The molecule has 21 heavy (non-hydrogen) atoms. The topological polar surface area (TPSA) is 84.4 Å². The summed E-state index contributed by atoms with van der Waals surface area (Å²) in [6.45, 7) is 4.09. The highest BCUT2D eigenvalue weighted by Crippen LogP contribution is 2.18. The van der Waals surface area contributed by atoms with Gasteiger partial charge in [0, 0.05) is 19.6 Å². The Bertz CT molecular complexity index is 429. The minimum Gasteiger partial charge on any atom is -0.354 e. The zero-order chi connectivity index (χ0) is 15.1. The summed E-state index contributed by atoms with van der Waals surface area (Å²) in [6, 6.07) is 9.96. The molecule has 1 aliphatic heterocycles. The zero-order valence-corrected chi connectivity index (χ0v) is 12.5. The molecule has 0 aromatic heterocycles. The van der Waals surface area contributed by atoms with Crippen LogP contribution in [0.2, 0.25) is 0 Å². The van der Waals surface area contributed by atoms with Gasteiger partial charge in [-0.2, -0.15) is 0 Å². The maximum atomic E-state index is 11.6. The molecule has 1 amide bonds. The molecule has 0 saturated carbocycles. The lowest BCUT2D eigenvalue weighted by Crippen LogP contribution is -2.47. The van der Waals surface area contributed by atoms with Crippen molar-refractivity contribution in [2.75, 3.05) is 26.2 Å². The van der Waals surface area contributed by atoms with Crippen LogP contribution in [0.3, 0.4) is 0 Å². The molecule has 1 unspecified atom stereocenters. The number of hydrogen-bond acceptors (Lipinski definition) is 4. The number of carbonyl (C=O) groups is 1. The number of piperidine rings is 1. The lowest BCUT2D eigenvalue weighted by Gasteiger charge is -2.32. The summed E-state index contributed by atoms with van der Waals surface area (Å²) >= 11 is 0. The first-order valence-electron chi connectivity index (χ1n) is 7.68. The Kier molecular flexibility index (Phi) is 6.17. The molecule has 0 bridgehead atoms. The maximum absolute atomic E-state index is 11.6. The van der Waals surface area contributed by atoms with Crippen LogP contribution >= 0.6 is 0 Å². The average molecular weight is 290 g/mol. The predicted octanol–water partition coefficient (Wildman–Crippen LogP) is 0.301. The highest BCUT2D eigenvalue weighted by Gasteiger charge is 2.20. The molecule has 0 radical (unpaired) electrons. The maximum Gasteiger partial charge on any atom is 0.238 e. The Morgan fingerprint density at radius 1 is 1.29 bits per heavy atom. The van der Waals surface area contributed by atoms with E-state index in [-0.39, 0.29) is 12.5 Å². The Balaban J connectivity index is 1.67. The van der Waals surface area contributed by atoms with Crippen LogP contribution in [-0.2, 0) is 11.3 Å². The van der Waals surface area contributed by atoms with Gasteiger partial charge in [-0.1, -0.05) is 30.3 Å². The molecule has 5 heteroatoms. The van der Waals surface area contributed by atoms with Crippen molar-refractivity contribution in [3.05, 3.63) is 35.9 Å². The third-order valence-corrected chi connectivity index (χ3v) is 4.11. The van der Waals surface area contributed by atoms with Gasteiger partial charge in [-0.15, -0.1) is 0 Å². The van der Waals surface area contributed by atoms with Crippen LogP contribution in [0.1, 0.15) is 18.4 Å². The number of nitrogens with zero attached hydrogens (tertiary/aromatic N) is 1. The van der Waals surface area contributed by atoms with Gasteiger partial charge in [0.25, 0.3) is 0 Å². The number of hydrogen-bond donors (Lipinski definition) is 3. The lowest BCUT2D eigenvalue weighted by atomic mass is 9.96. The molecule has 1 aromatic rings. The fourth-order valence-electron chi connectivity index (χ4n) is 2.67. The van der Waals surface area contributed by atoms with Gasteiger partial charge < -0.3 is 16.8 Å². The Morgan fingerprint density at radius 3 is 2.57 bits per heavy atom. The van der Waals surface area contributed by atoms with Gasteiger partial charge >= 0.3 is 0 Å². The summed E-state index contributed by atoms with van der Waals surface area (Å²) in [5, 5.41) is 2.91. The average Bonchev–Trinajstić information content (AvgIpc) is 2.54. The summed E-state index contributed by atoms with van der Waals surface area (Å²) in [5.74, 6) is 0.412. The van der Waals surface area contributed by atoms with Crippen molar-refractivity contribution in [1.29, 1.82) is 0 Å². The van der Waals surface area contributed by atoms with Crippen LogP contribution in [0.4, 0.5) is 0 Å². The van der Waals surface area contributed by atoms with E-state index >= 15 is 0 Å². The molecule has 5 nitrogen and oxygen atoms in total. The monoisotopic (exact) mass is 290 g/mol. The van der Waals surface area contributed by atoms with E-state index in [1.165, 1.54) is 5.56 Å². The Hall–Kier alpha value is -1.43. The molecule has 1 aromatic carbocycles. The third kappa shape index (κ3) is 5.12.